The number of nitrogens with zero attached hydrogens (tertiary/aromatic N) is 2. The van der Waals surface area contributed by atoms with Crippen molar-refractivity contribution < 1.29 is 19.8 Å². The Labute approximate surface area is 84.3 Å². The van der Waals surface area contributed by atoms with Crippen LogP contribution in [-0.2, 0) is 4.79 Å². The summed E-state index contributed by atoms with van der Waals surface area (Å²) >= 11 is 0. The highest BCUT2D eigenvalue weighted by Crippen LogP contribution is 1.92. The van der Waals surface area contributed by atoms with Gasteiger partial charge in [0.05, 0.1) is 6.20 Å². The number of aromatic amines is 1. The Kier molecular flexibility index (Phi) is 3.75. The van der Waals surface area contributed by atoms with Gasteiger partial charge in [0, 0.05) is 13.0 Å². The lowest BCUT2D eigenvalue weighted by Gasteiger charge is -2.05. The topological polar surface area (TPSA) is 128 Å². The Hall–Kier alpha value is -1.96. The van der Waals surface area contributed by atoms with Gasteiger partial charge in [0.25, 0.3) is 5.91 Å². The van der Waals surface area contributed by atoms with Crippen molar-refractivity contribution in [2.75, 3.05) is 6.54 Å². The van der Waals surface area contributed by atoms with Crippen LogP contribution in [0.3, 0.4) is 0 Å². The minimum absolute atomic E-state index is 0.0547. The molecule has 1 unspecified atom stereocenters. The van der Waals surface area contributed by atoms with E-state index in [2.05, 4.69) is 20.7 Å². The zero-order chi connectivity index (χ0) is 11.3. The van der Waals surface area contributed by atoms with Crippen LogP contribution in [0.2, 0.25) is 0 Å². The van der Waals surface area contributed by atoms with E-state index in [1.807, 2.05) is 0 Å². The number of carbonyl (C=O) groups excluding carboxylic acids is 1. The van der Waals surface area contributed by atoms with Crippen molar-refractivity contribution in [3.63, 3.8) is 0 Å². The Morgan fingerprint density at radius 2 is 2.33 bits per heavy atom. The lowest BCUT2D eigenvalue weighted by molar-refractivity contribution is -0.146. The highest BCUT2D eigenvalue weighted by Gasteiger charge is 2.13. The van der Waals surface area contributed by atoms with Gasteiger partial charge in [0.1, 0.15) is 0 Å². The first-order valence-electron chi connectivity index (χ1n) is 4.16. The third-order valence-corrected chi connectivity index (χ3v) is 1.64. The smallest absolute Gasteiger partial charge is 0.332 e. The summed E-state index contributed by atoms with van der Waals surface area (Å²) in [6.45, 7) is 0.0547. The normalized spacial score (nSPS) is 12.1. The number of carboxylic acid groups (broad SMARTS) is 1. The molecule has 1 heterocycles. The standard InChI is InChI=1S/C7H10N4O4/c12-5(7(14)15)1-2-8-6(13)4-3-9-11-10-4/h3,5,12H,1-2H2,(H,8,13)(H,14,15)(H,9,10,11). The van der Waals surface area contributed by atoms with Gasteiger partial charge in [0.15, 0.2) is 11.8 Å². The average Bonchev–Trinajstić information content (AvgIpc) is 2.70. The number of carboxylic acids is 1. The van der Waals surface area contributed by atoms with Crippen LogP contribution in [0, 0.1) is 0 Å². The molecule has 0 saturated heterocycles. The first kappa shape index (κ1) is 11.1. The molecule has 0 aliphatic carbocycles. The van der Waals surface area contributed by atoms with Crippen molar-refractivity contribution in [3.8, 4) is 0 Å². The van der Waals surface area contributed by atoms with E-state index in [-0.39, 0.29) is 18.7 Å². The summed E-state index contributed by atoms with van der Waals surface area (Å²) in [4.78, 5) is 21.4. The van der Waals surface area contributed by atoms with E-state index in [4.69, 9.17) is 10.2 Å². The number of aliphatic hydroxyl groups is 1. The summed E-state index contributed by atoms with van der Waals surface area (Å²) < 4.78 is 0. The summed E-state index contributed by atoms with van der Waals surface area (Å²) in [6, 6.07) is 0. The molecule has 15 heavy (non-hydrogen) atoms. The van der Waals surface area contributed by atoms with Crippen LogP contribution in [0.4, 0.5) is 0 Å². The Bertz CT molecular complexity index is 337. The number of hydrogen-bond acceptors (Lipinski definition) is 5. The number of hydrogen-bond donors (Lipinski definition) is 4. The van der Waals surface area contributed by atoms with E-state index >= 15 is 0 Å². The van der Waals surface area contributed by atoms with E-state index in [0.717, 1.165) is 0 Å². The van der Waals surface area contributed by atoms with Gasteiger partial charge in [-0.15, -0.1) is 0 Å². The molecule has 0 fully saturated rings. The number of rotatable bonds is 5. The van der Waals surface area contributed by atoms with E-state index in [1.165, 1.54) is 6.20 Å². The molecule has 8 nitrogen and oxygen atoms in total. The van der Waals surface area contributed by atoms with Crippen LogP contribution in [0.5, 0.6) is 0 Å². The second-order valence-electron chi connectivity index (χ2n) is 2.75. The monoisotopic (exact) mass is 214 g/mol. The summed E-state index contributed by atoms with van der Waals surface area (Å²) in [5.74, 6) is -1.79. The van der Waals surface area contributed by atoms with Crippen molar-refractivity contribution in [1.29, 1.82) is 0 Å². The number of aliphatic carboxylic acids is 1. The van der Waals surface area contributed by atoms with Gasteiger partial charge in [-0.1, -0.05) is 0 Å². The molecule has 1 amide bonds. The molecule has 0 radical (unpaired) electrons. The molecule has 1 atom stereocenters. The molecule has 1 aromatic heterocycles. The molecule has 0 aliphatic rings. The maximum Gasteiger partial charge on any atom is 0.332 e. The van der Waals surface area contributed by atoms with Gasteiger partial charge < -0.3 is 15.5 Å². The van der Waals surface area contributed by atoms with Crippen LogP contribution >= 0.6 is 0 Å². The van der Waals surface area contributed by atoms with Crippen molar-refractivity contribution >= 4 is 11.9 Å². The first-order chi connectivity index (χ1) is 7.11. The first-order valence-corrected chi connectivity index (χ1v) is 4.16. The second-order valence-corrected chi connectivity index (χ2v) is 2.75. The summed E-state index contributed by atoms with van der Waals surface area (Å²) in [5, 5.41) is 28.8. The predicted octanol–water partition coefficient (Wildman–Crippen LogP) is -1.63. The van der Waals surface area contributed by atoms with Crippen molar-refractivity contribution in [2.24, 2.45) is 0 Å². The molecular weight excluding hydrogens is 204 g/mol. The molecule has 1 rings (SSSR count). The third-order valence-electron chi connectivity index (χ3n) is 1.64. The van der Waals surface area contributed by atoms with Crippen molar-refractivity contribution in [1.82, 2.24) is 20.7 Å². The zero-order valence-electron chi connectivity index (χ0n) is 7.67. The lowest BCUT2D eigenvalue weighted by Crippen LogP contribution is -2.30. The summed E-state index contributed by atoms with van der Waals surface area (Å²) in [5.41, 5.74) is 0.111. The van der Waals surface area contributed by atoms with E-state index in [1.54, 1.807) is 0 Å². The fourth-order valence-electron chi connectivity index (χ4n) is 0.847. The molecule has 0 aliphatic heterocycles. The highest BCUT2D eigenvalue weighted by molar-refractivity contribution is 5.91. The van der Waals surface area contributed by atoms with Gasteiger partial charge in [-0.2, -0.15) is 15.4 Å². The number of amides is 1. The average molecular weight is 214 g/mol. The quantitative estimate of drug-likeness (QED) is 0.466. The number of H-pyrrole nitrogens is 1. The molecule has 82 valence electrons. The van der Waals surface area contributed by atoms with Gasteiger partial charge in [-0.25, -0.2) is 4.79 Å². The zero-order valence-corrected chi connectivity index (χ0v) is 7.67. The Morgan fingerprint density at radius 3 is 2.87 bits per heavy atom. The van der Waals surface area contributed by atoms with Crippen LogP contribution < -0.4 is 5.32 Å². The minimum Gasteiger partial charge on any atom is -0.479 e. The van der Waals surface area contributed by atoms with Gasteiger partial charge in [0.2, 0.25) is 0 Å². The van der Waals surface area contributed by atoms with Gasteiger partial charge >= 0.3 is 5.97 Å². The molecule has 0 bridgehead atoms. The van der Waals surface area contributed by atoms with E-state index in [9.17, 15) is 9.59 Å². The Morgan fingerprint density at radius 1 is 1.60 bits per heavy atom. The fraction of sp³-hybridized carbons (Fsp3) is 0.429. The van der Waals surface area contributed by atoms with Crippen molar-refractivity contribution in [3.05, 3.63) is 11.9 Å². The predicted molar refractivity (Wildman–Crippen MR) is 47.0 cm³/mol. The van der Waals surface area contributed by atoms with Crippen LogP contribution in [-0.4, -0.2) is 50.1 Å². The molecule has 4 N–H and O–H groups in total. The SMILES string of the molecule is O=C(NCCC(O)C(=O)O)c1cn[nH]n1. The lowest BCUT2D eigenvalue weighted by atomic mass is 10.2. The molecule has 0 spiro atoms. The molecule has 0 aromatic carbocycles. The maximum atomic E-state index is 11.2. The molecule has 8 heteroatoms. The molecule has 0 saturated carbocycles. The largest absolute Gasteiger partial charge is 0.479 e. The van der Waals surface area contributed by atoms with E-state index in [0.29, 0.717) is 0 Å². The molecule has 1 aromatic rings. The molecular formula is C7H10N4O4. The maximum absolute atomic E-state index is 11.2. The van der Waals surface area contributed by atoms with Crippen molar-refractivity contribution in [2.45, 2.75) is 12.5 Å². The summed E-state index contributed by atoms with van der Waals surface area (Å²) in [7, 11) is 0. The Balaban J connectivity index is 2.27. The highest BCUT2D eigenvalue weighted by atomic mass is 16.4. The number of aliphatic hydroxyl groups excluding tert-OH is 1. The van der Waals surface area contributed by atoms with Gasteiger partial charge in [-0.05, 0) is 0 Å². The third kappa shape index (κ3) is 3.35. The van der Waals surface area contributed by atoms with Crippen LogP contribution in [0.25, 0.3) is 0 Å². The fourth-order valence-corrected chi connectivity index (χ4v) is 0.847. The second kappa shape index (κ2) is 5.05. The number of aromatic nitrogens is 3. The van der Waals surface area contributed by atoms with Crippen LogP contribution in [0.1, 0.15) is 16.9 Å². The minimum atomic E-state index is -1.47. The number of carbonyl (C=O) groups is 2. The van der Waals surface area contributed by atoms with Crippen LogP contribution in [0.15, 0.2) is 6.20 Å². The summed E-state index contributed by atoms with van der Waals surface area (Å²) in [6.07, 6.45) is -0.287. The number of nitrogens with one attached hydrogen (secondary N) is 2. The van der Waals surface area contributed by atoms with Gasteiger partial charge in [-0.3, -0.25) is 4.79 Å². The van der Waals surface area contributed by atoms with E-state index < -0.39 is 18.0 Å².